The van der Waals surface area contributed by atoms with Crippen molar-refractivity contribution in [3.8, 4) is 5.75 Å². The number of hydrogen-bond acceptors (Lipinski definition) is 3. The molecule has 0 amide bonds. The van der Waals surface area contributed by atoms with Gasteiger partial charge in [-0.3, -0.25) is 9.59 Å². The van der Waals surface area contributed by atoms with Crippen molar-refractivity contribution in [3.63, 3.8) is 0 Å². The van der Waals surface area contributed by atoms with Gasteiger partial charge in [-0.1, -0.05) is 84.9 Å². The summed E-state index contributed by atoms with van der Waals surface area (Å²) in [5, 5.41) is 1.91. The molecule has 4 rings (SSSR count). The van der Waals surface area contributed by atoms with E-state index in [1.54, 1.807) is 43.3 Å². The second-order valence-electron chi connectivity index (χ2n) is 6.94. The minimum atomic E-state index is -0.502. The van der Waals surface area contributed by atoms with Gasteiger partial charge >= 0.3 is 5.97 Å². The molecule has 1 atom stereocenters. The molecular formula is C26H20O3. The molecule has 0 aliphatic rings. The Morgan fingerprint density at radius 3 is 2.21 bits per heavy atom. The van der Waals surface area contributed by atoms with E-state index in [4.69, 9.17) is 4.74 Å². The van der Waals surface area contributed by atoms with Crippen LogP contribution in [-0.2, 0) is 4.79 Å². The maximum Gasteiger partial charge on any atom is 0.318 e. The van der Waals surface area contributed by atoms with Crippen LogP contribution >= 0.6 is 0 Å². The molecule has 3 heteroatoms. The van der Waals surface area contributed by atoms with Gasteiger partial charge < -0.3 is 4.74 Å². The number of ketones is 1. The van der Waals surface area contributed by atoms with Gasteiger partial charge in [-0.05, 0) is 30.0 Å². The number of esters is 1. The molecule has 0 saturated heterocycles. The predicted molar refractivity (Wildman–Crippen MR) is 114 cm³/mol. The second-order valence-corrected chi connectivity index (χ2v) is 6.94. The van der Waals surface area contributed by atoms with Crippen LogP contribution in [0, 0.1) is 0 Å². The van der Waals surface area contributed by atoms with E-state index in [1.807, 2.05) is 60.7 Å². The highest BCUT2D eigenvalue weighted by Crippen LogP contribution is 2.27. The number of ether oxygens (including phenoxy) is 1. The average molecular weight is 380 g/mol. The van der Waals surface area contributed by atoms with Crippen molar-refractivity contribution >= 4 is 22.5 Å². The zero-order chi connectivity index (χ0) is 20.2. The molecule has 0 fully saturated rings. The third kappa shape index (κ3) is 3.94. The first-order valence-corrected chi connectivity index (χ1v) is 9.52. The van der Waals surface area contributed by atoms with Gasteiger partial charge in [0.15, 0.2) is 5.78 Å². The summed E-state index contributed by atoms with van der Waals surface area (Å²) in [6.45, 7) is 1.79. The third-order valence-electron chi connectivity index (χ3n) is 5.00. The van der Waals surface area contributed by atoms with Crippen molar-refractivity contribution in [2.24, 2.45) is 0 Å². The lowest BCUT2D eigenvalue weighted by molar-refractivity contribution is -0.135. The van der Waals surface area contributed by atoms with E-state index in [-0.39, 0.29) is 11.8 Å². The van der Waals surface area contributed by atoms with Crippen LogP contribution < -0.4 is 4.74 Å². The highest BCUT2D eigenvalue weighted by atomic mass is 16.5. The Balaban J connectivity index is 1.57. The highest BCUT2D eigenvalue weighted by Gasteiger charge is 2.20. The average Bonchev–Trinajstić information content (AvgIpc) is 2.79. The van der Waals surface area contributed by atoms with Gasteiger partial charge in [-0.15, -0.1) is 0 Å². The number of hydrogen-bond donors (Lipinski definition) is 0. The number of rotatable bonds is 5. The van der Waals surface area contributed by atoms with Crippen LogP contribution in [0.5, 0.6) is 5.75 Å². The fraction of sp³-hybridized carbons (Fsp3) is 0.0769. The molecule has 0 heterocycles. The van der Waals surface area contributed by atoms with Crippen molar-refractivity contribution in [3.05, 3.63) is 114 Å². The summed E-state index contributed by atoms with van der Waals surface area (Å²) in [4.78, 5) is 25.5. The molecule has 0 aliphatic heterocycles. The Kier molecular flexibility index (Phi) is 5.21. The molecule has 3 nitrogen and oxygen atoms in total. The van der Waals surface area contributed by atoms with Crippen LogP contribution in [-0.4, -0.2) is 11.8 Å². The molecule has 0 unspecified atom stereocenters. The summed E-state index contributed by atoms with van der Waals surface area (Å²) in [5.41, 5.74) is 1.92. The summed E-state index contributed by atoms with van der Waals surface area (Å²) >= 11 is 0. The van der Waals surface area contributed by atoms with Gasteiger partial charge in [0.25, 0.3) is 0 Å². The predicted octanol–water partition coefficient (Wildman–Crippen LogP) is 5.78. The smallest absolute Gasteiger partial charge is 0.318 e. The quantitative estimate of drug-likeness (QED) is 0.250. The molecule has 0 aliphatic carbocycles. The van der Waals surface area contributed by atoms with Crippen LogP contribution in [0.15, 0.2) is 97.1 Å². The summed E-state index contributed by atoms with van der Waals surface area (Å²) in [6.07, 6.45) is 0. The number of fused-ring (bicyclic) bond motifs is 1. The maximum absolute atomic E-state index is 12.8. The van der Waals surface area contributed by atoms with Crippen molar-refractivity contribution in [2.45, 2.75) is 12.8 Å². The Labute approximate surface area is 169 Å². The first kappa shape index (κ1) is 18.6. The van der Waals surface area contributed by atoms with E-state index in [2.05, 4.69) is 0 Å². The van der Waals surface area contributed by atoms with Gasteiger partial charge in [0.1, 0.15) is 5.75 Å². The molecule has 142 valence electrons. The van der Waals surface area contributed by atoms with E-state index in [9.17, 15) is 9.59 Å². The van der Waals surface area contributed by atoms with Crippen molar-refractivity contribution in [2.75, 3.05) is 0 Å². The standard InChI is InChI=1S/C26H20O3/c1-18(26(28)29-24-16-8-12-19-9-5-6-15-23(19)24)21-13-7-14-22(17-21)25(27)20-10-3-2-4-11-20/h2-18H,1H3/t18-/m0/s1. The topological polar surface area (TPSA) is 43.4 Å². The number of benzene rings is 4. The molecule has 0 saturated carbocycles. The van der Waals surface area contributed by atoms with E-state index >= 15 is 0 Å². The Bertz CT molecular complexity index is 1170. The van der Waals surface area contributed by atoms with E-state index in [0.717, 1.165) is 16.3 Å². The number of carbonyl (C=O) groups is 2. The first-order valence-electron chi connectivity index (χ1n) is 9.52. The molecule has 4 aromatic rings. The summed E-state index contributed by atoms with van der Waals surface area (Å²) in [7, 11) is 0. The van der Waals surface area contributed by atoms with Gasteiger partial charge in [-0.25, -0.2) is 0 Å². The van der Waals surface area contributed by atoms with Crippen LogP contribution in [0.1, 0.15) is 34.3 Å². The van der Waals surface area contributed by atoms with Crippen molar-refractivity contribution in [1.29, 1.82) is 0 Å². The van der Waals surface area contributed by atoms with Crippen LogP contribution in [0.2, 0.25) is 0 Å². The van der Waals surface area contributed by atoms with Crippen LogP contribution in [0.25, 0.3) is 10.8 Å². The highest BCUT2D eigenvalue weighted by molar-refractivity contribution is 6.09. The Hall–Kier alpha value is -3.72. The molecule has 29 heavy (non-hydrogen) atoms. The zero-order valence-corrected chi connectivity index (χ0v) is 16.0. The summed E-state index contributed by atoms with van der Waals surface area (Å²) in [5.74, 6) is -0.387. The molecule has 0 N–H and O–H groups in total. The summed E-state index contributed by atoms with van der Waals surface area (Å²) in [6, 6.07) is 29.7. The van der Waals surface area contributed by atoms with Gasteiger partial charge in [0.05, 0.1) is 5.92 Å². The molecular weight excluding hydrogens is 360 g/mol. The lowest BCUT2D eigenvalue weighted by atomic mass is 9.96. The maximum atomic E-state index is 12.8. The van der Waals surface area contributed by atoms with E-state index < -0.39 is 5.92 Å². The zero-order valence-electron chi connectivity index (χ0n) is 16.0. The van der Waals surface area contributed by atoms with Gasteiger partial charge in [0.2, 0.25) is 0 Å². The minimum absolute atomic E-state index is 0.0675. The van der Waals surface area contributed by atoms with E-state index in [1.165, 1.54) is 0 Å². The molecule has 0 bridgehead atoms. The van der Waals surface area contributed by atoms with E-state index in [0.29, 0.717) is 16.9 Å². The van der Waals surface area contributed by atoms with Gasteiger partial charge in [-0.2, -0.15) is 0 Å². The van der Waals surface area contributed by atoms with Gasteiger partial charge in [0, 0.05) is 16.5 Å². The first-order chi connectivity index (χ1) is 14.1. The third-order valence-corrected chi connectivity index (χ3v) is 5.00. The normalized spacial score (nSPS) is 11.8. The fourth-order valence-electron chi connectivity index (χ4n) is 3.32. The van der Waals surface area contributed by atoms with Crippen molar-refractivity contribution < 1.29 is 14.3 Å². The SMILES string of the molecule is C[C@H](C(=O)Oc1cccc2ccccc12)c1cccc(C(=O)c2ccccc2)c1. The Morgan fingerprint density at radius 1 is 0.724 bits per heavy atom. The molecule has 0 aromatic heterocycles. The largest absolute Gasteiger partial charge is 0.425 e. The van der Waals surface area contributed by atoms with Crippen LogP contribution in [0.4, 0.5) is 0 Å². The number of carbonyl (C=O) groups excluding carboxylic acids is 2. The summed E-state index contributed by atoms with van der Waals surface area (Å²) < 4.78 is 5.70. The minimum Gasteiger partial charge on any atom is -0.425 e. The Morgan fingerprint density at radius 2 is 1.38 bits per heavy atom. The van der Waals surface area contributed by atoms with Crippen LogP contribution in [0.3, 0.4) is 0 Å². The lowest BCUT2D eigenvalue weighted by Crippen LogP contribution is -2.17. The van der Waals surface area contributed by atoms with Crippen molar-refractivity contribution in [1.82, 2.24) is 0 Å². The molecule has 4 aromatic carbocycles. The monoisotopic (exact) mass is 380 g/mol. The fourth-order valence-corrected chi connectivity index (χ4v) is 3.32. The second kappa shape index (κ2) is 8.11. The lowest BCUT2D eigenvalue weighted by Gasteiger charge is -2.14. The molecule has 0 radical (unpaired) electrons. The molecule has 0 spiro atoms.